The highest BCUT2D eigenvalue weighted by molar-refractivity contribution is 5.93. The average Bonchev–Trinajstić information content (AvgIpc) is 2.63. The Morgan fingerprint density at radius 2 is 1.54 bits per heavy atom. The molecule has 0 unspecified atom stereocenters. The van der Waals surface area contributed by atoms with E-state index in [1.165, 1.54) is 0 Å². The van der Waals surface area contributed by atoms with Crippen LogP contribution in [0.2, 0.25) is 0 Å². The summed E-state index contributed by atoms with van der Waals surface area (Å²) in [4.78, 5) is 36.8. The molecule has 3 amide bonds. The highest BCUT2D eigenvalue weighted by Gasteiger charge is 2.24. The van der Waals surface area contributed by atoms with Crippen molar-refractivity contribution in [3.05, 3.63) is 48.0 Å². The van der Waals surface area contributed by atoms with Crippen LogP contribution in [0.4, 0.5) is 0 Å². The van der Waals surface area contributed by atoms with E-state index in [1.54, 1.807) is 0 Å². The maximum atomic E-state index is 12.6. The molecule has 6 heteroatoms. The third-order valence-corrected chi connectivity index (χ3v) is 4.37. The average molecular weight is 383 g/mol. The molecule has 0 radical (unpaired) electrons. The number of fused-ring (bicyclic) bond motifs is 1. The van der Waals surface area contributed by atoms with Crippen LogP contribution in [0, 0.1) is 5.92 Å². The molecule has 3 N–H and O–H groups in total. The molecule has 0 aliphatic rings. The summed E-state index contributed by atoms with van der Waals surface area (Å²) in [5.41, 5.74) is 0.912. The minimum atomic E-state index is -0.700. The maximum Gasteiger partial charge on any atom is 0.243 e. The molecule has 0 bridgehead atoms. The molecule has 0 saturated heterocycles. The first-order valence-electron chi connectivity index (χ1n) is 9.61. The zero-order valence-electron chi connectivity index (χ0n) is 16.9. The molecule has 0 aliphatic carbocycles. The Balaban J connectivity index is 2.00. The molecule has 1 atom stereocenters. The van der Waals surface area contributed by atoms with Gasteiger partial charge in [0.05, 0.1) is 13.0 Å². The molecule has 2 rings (SSSR count). The zero-order valence-corrected chi connectivity index (χ0v) is 16.9. The summed E-state index contributed by atoms with van der Waals surface area (Å²) in [6, 6.07) is 13.0. The minimum absolute atomic E-state index is 0.00527. The molecule has 0 saturated carbocycles. The Bertz CT molecular complexity index is 841. The number of amides is 3. The van der Waals surface area contributed by atoms with Gasteiger partial charge in [0.2, 0.25) is 17.7 Å². The summed E-state index contributed by atoms with van der Waals surface area (Å²) in [7, 11) is 0. The summed E-state index contributed by atoms with van der Waals surface area (Å²) < 4.78 is 0. The van der Waals surface area contributed by atoms with Crippen molar-refractivity contribution in [2.75, 3.05) is 6.54 Å². The molecule has 0 spiro atoms. The van der Waals surface area contributed by atoms with Gasteiger partial charge in [-0.1, -0.05) is 56.3 Å². The van der Waals surface area contributed by atoms with E-state index in [0.717, 1.165) is 16.3 Å². The second-order valence-electron chi connectivity index (χ2n) is 7.54. The predicted octanol–water partition coefficient (Wildman–Crippen LogP) is 2.16. The van der Waals surface area contributed by atoms with Crippen LogP contribution in [0.1, 0.15) is 33.3 Å². The normalized spacial score (nSPS) is 12.1. The maximum absolute atomic E-state index is 12.6. The van der Waals surface area contributed by atoms with Crippen LogP contribution in [0.15, 0.2) is 42.5 Å². The fraction of sp³-hybridized carbons (Fsp3) is 0.409. The van der Waals surface area contributed by atoms with E-state index >= 15 is 0 Å². The molecule has 0 fully saturated rings. The monoisotopic (exact) mass is 383 g/mol. The molecule has 2 aromatic carbocycles. The van der Waals surface area contributed by atoms with E-state index in [1.807, 2.05) is 70.2 Å². The summed E-state index contributed by atoms with van der Waals surface area (Å²) >= 11 is 0. The highest BCUT2D eigenvalue weighted by Crippen LogP contribution is 2.19. The van der Waals surface area contributed by atoms with Gasteiger partial charge in [-0.05, 0) is 36.1 Å². The van der Waals surface area contributed by atoms with Crippen LogP contribution in [0.3, 0.4) is 0 Å². The number of benzene rings is 2. The molecule has 0 aliphatic heterocycles. The van der Waals surface area contributed by atoms with Gasteiger partial charge in [0.1, 0.15) is 6.04 Å². The number of carbonyl (C=O) groups is 3. The quantitative estimate of drug-likeness (QED) is 0.653. The van der Waals surface area contributed by atoms with Gasteiger partial charge >= 0.3 is 0 Å². The van der Waals surface area contributed by atoms with Crippen LogP contribution < -0.4 is 16.0 Å². The number of hydrogen-bond donors (Lipinski definition) is 3. The lowest BCUT2D eigenvalue weighted by molar-refractivity contribution is -0.131. The van der Waals surface area contributed by atoms with Crippen LogP contribution in [-0.4, -0.2) is 36.3 Å². The Hall–Kier alpha value is -2.89. The van der Waals surface area contributed by atoms with Crippen molar-refractivity contribution in [3.63, 3.8) is 0 Å². The molecule has 28 heavy (non-hydrogen) atoms. The van der Waals surface area contributed by atoms with E-state index in [-0.39, 0.29) is 42.6 Å². The van der Waals surface area contributed by atoms with Gasteiger partial charge in [-0.15, -0.1) is 0 Å². The van der Waals surface area contributed by atoms with Crippen molar-refractivity contribution in [2.45, 2.75) is 46.2 Å². The molecule has 6 nitrogen and oxygen atoms in total. The highest BCUT2D eigenvalue weighted by atomic mass is 16.2. The van der Waals surface area contributed by atoms with Gasteiger partial charge in [0.15, 0.2) is 0 Å². The second-order valence-corrected chi connectivity index (χ2v) is 7.54. The number of carbonyl (C=O) groups excluding carboxylic acids is 3. The molecule has 0 aromatic heterocycles. The van der Waals surface area contributed by atoms with Crippen molar-refractivity contribution in [1.29, 1.82) is 0 Å². The SMILES string of the molecule is CC(C)NC(=O)CNC(=O)[C@@H](NC(=O)Cc1cccc2ccccc12)C(C)C. The van der Waals surface area contributed by atoms with Gasteiger partial charge in [0, 0.05) is 6.04 Å². The Morgan fingerprint density at radius 1 is 0.857 bits per heavy atom. The van der Waals surface area contributed by atoms with Crippen LogP contribution in [-0.2, 0) is 20.8 Å². The van der Waals surface area contributed by atoms with E-state index in [4.69, 9.17) is 0 Å². The first-order valence-corrected chi connectivity index (χ1v) is 9.61. The first kappa shape index (κ1) is 21.4. The fourth-order valence-corrected chi connectivity index (χ4v) is 3.03. The third-order valence-electron chi connectivity index (χ3n) is 4.37. The number of hydrogen-bond acceptors (Lipinski definition) is 3. The standard InChI is InChI=1S/C22H29N3O3/c1-14(2)21(22(28)23-13-20(27)24-15(3)4)25-19(26)12-17-10-7-9-16-8-5-6-11-18(16)17/h5-11,14-15,21H,12-13H2,1-4H3,(H,23,28)(H,24,27)(H,25,26)/t21-/m0/s1. The van der Waals surface area contributed by atoms with E-state index in [2.05, 4.69) is 16.0 Å². The molecule has 150 valence electrons. The lowest BCUT2D eigenvalue weighted by Gasteiger charge is -2.22. The number of rotatable bonds is 8. The second kappa shape index (κ2) is 9.88. The largest absolute Gasteiger partial charge is 0.352 e. The fourth-order valence-electron chi connectivity index (χ4n) is 3.03. The van der Waals surface area contributed by atoms with Gasteiger partial charge in [-0.2, -0.15) is 0 Å². The zero-order chi connectivity index (χ0) is 20.7. The third kappa shape index (κ3) is 6.08. The predicted molar refractivity (Wildman–Crippen MR) is 111 cm³/mol. The summed E-state index contributed by atoms with van der Waals surface area (Å²) in [5.74, 6) is -0.949. The molecular formula is C22H29N3O3. The van der Waals surface area contributed by atoms with Gasteiger partial charge < -0.3 is 16.0 Å². The molecule has 0 heterocycles. The molecule has 2 aromatic rings. The van der Waals surface area contributed by atoms with Crippen molar-refractivity contribution in [2.24, 2.45) is 5.92 Å². The van der Waals surface area contributed by atoms with Gasteiger partial charge in [-0.25, -0.2) is 0 Å². The minimum Gasteiger partial charge on any atom is -0.352 e. The van der Waals surface area contributed by atoms with Crippen molar-refractivity contribution < 1.29 is 14.4 Å². The van der Waals surface area contributed by atoms with Crippen molar-refractivity contribution in [1.82, 2.24) is 16.0 Å². The van der Waals surface area contributed by atoms with Gasteiger partial charge in [0.25, 0.3) is 0 Å². The Labute approximate surface area is 166 Å². The van der Waals surface area contributed by atoms with Crippen LogP contribution in [0.25, 0.3) is 10.8 Å². The topological polar surface area (TPSA) is 87.3 Å². The first-order chi connectivity index (χ1) is 13.3. The lowest BCUT2D eigenvalue weighted by atomic mass is 10.0. The van der Waals surface area contributed by atoms with Crippen LogP contribution >= 0.6 is 0 Å². The summed E-state index contributed by atoms with van der Waals surface area (Å²) in [6.45, 7) is 7.31. The Kier molecular flexibility index (Phi) is 7.55. The van der Waals surface area contributed by atoms with Crippen molar-refractivity contribution >= 4 is 28.5 Å². The Morgan fingerprint density at radius 3 is 2.21 bits per heavy atom. The van der Waals surface area contributed by atoms with E-state index < -0.39 is 6.04 Å². The van der Waals surface area contributed by atoms with E-state index in [0.29, 0.717) is 0 Å². The van der Waals surface area contributed by atoms with Crippen LogP contribution in [0.5, 0.6) is 0 Å². The smallest absolute Gasteiger partial charge is 0.243 e. The number of nitrogens with one attached hydrogen (secondary N) is 3. The lowest BCUT2D eigenvalue weighted by Crippen LogP contribution is -2.52. The summed E-state index contributed by atoms with van der Waals surface area (Å²) in [6.07, 6.45) is 0.186. The van der Waals surface area contributed by atoms with Gasteiger partial charge in [-0.3, -0.25) is 14.4 Å². The van der Waals surface area contributed by atoms with E-state index in [9.17, 15) is 14.4 Å². The van der Waals surface area contributed by atoms with Crippen molar-refractivity contribution in [3.8, 4) is 0 Å². The summed E-state index contributed by atoms with van der Waals surface area (Å²) in [5, 5.41) is 10.2. The molecular weight excluding hydrogens is 354 g/mol.